The number of nitrogens with zero attached hydrogens (tertiary/aromatic N) is 1. The van der Waals surface area contributed by atoms with Crippen LogP contribution >= 0.6 is 0 Å². The molecular weight excluding hydrogens is 402 g/mol. The summed E-state index contributed by atoms with van der Waals surface area (Å²) in [4.78, 5) is 38.7. The van der Waals surface area contributed by atoms with Crippen LogP contribution < -0.4 is 26.4 Å². The molecule has 0 bridgehead atoms. The molecule has 6 nitrogen and oxygen atoms in total. The minimum absolute atomic E-state index is 0.130. The van der Waals surface area contributed by atoms with E-state index in [2.05, 4.69) is 17.6 Å². The fraction of sp³-hybridized carbons (Fsp3) is 0.346. The minimum Gasteiger partial charge on any atom is -0.376 e. The van der Waals surface area contributed by atoms with Crippen LogP contribution in [0.25, 0.3) is 0 Å². The first-order valence-electron chi connectivity index (χ1n) is 11.2. The van der Waals surface area contributed by atoms with Crippen molar-refractivity contribution in [3.05, 3.63) is 91.2 Å². The number of nitrogens with one attached hydrogen (secondary N) is 2. The van der Waals surface area contributed by atoms with Crippen LogP contribution in [0.4, 0.5) is 11.4 Å². The van der Waals surface area contributed by atoms with Crippen LogP contribution in [-0.4, -0.2) is 19.0 Å². The number of amides is 1. The monoisotopic (exact) mass is 431 g/mol. The molecule has 1 heterocycles. The molecule has 2 N–H and O–H groups in total. The molecule has 6 heteroatoms. The van der Waals surface area contributed by atoms with E-state index in [1.807, 2.05) is 48.2 Å². The summed E-state index contributed by atoms with van der Waals surface area (Å²) in [6, 6.07) is 15.3. The molecule has 0 aliphatic carbocycles. The molecule has 1 amide bonds. The van der Waals surface area contributed by atoms with Gasteiger partial charge in [0.15, 0.2) is 0 Å². The largest absolute Gasteiger partial charge is 0.376 e. The summed E-state index contributed by atoms with van der Waals surface area (Å²) in [6.07, 6.45) is 2.07. The fourth-order valence-corrected chi connectivity index (χ4v) is 4.03. The molecule has 1 fully saturated rings. The van der Waals surface area contributed by atoms with Crippen molar-refractivity contribution < 1.29 is 4.79 Å². The highest BCUT2D eigenvalue weighted by Gasteiger charge is 2.28. The van der Waals surface area contributed by atoms with Crippen LogP contribution in [0.15, 0.2) is 58.1 Å². The normalized spacial score (nSPS) is 14.5. The second-order valence-corrected chi connectivity index (χ2v) is 8.77. The zero-order valence-corrected chi connectivity index (χ0v) is 18.6. The Kier molecular flexibility index (Phi) is 6.40. The van der Waals surface area contributed by atoms with Crippen LogP contribution in [0, 0.1) is 12.8 Å². The van der Waals surface area contributed by atoms with Crippen molar-refractivity contribution >= 4 is 17.3 Å². The molecule has 0 unspecified atom stereocenters. The van der Waals surface area contributed by atoms with Gasteiger partial charge in [0, 0.05) is 31.7 Å². The van der Waals surface area contributed by atoms with E-state index < -0.39 is 5.43 Å². The third-order valence-electron chi connectivity index (χ3n) is 6.24. The predicted molar refractivity (Wildman–Crippen MR) is 128 cm³/mol. The van der Waals surface area contributed by atoms with E-state index >= 15 is 0 Å². The summed E-state index contributed by atoms with van der Waals surface area (Å²) in [6.45, 7) is 6.77. The number of benzene rings is 2. The molecule has 32 heavy (non-hydrogen) atoms. The maximum Gasteiger partial charge on any atom is 0.253 e. The van der Waals surface area contributed by atoms with Crippen LogP contribution in [0.3, 0.4) is 0 Å². The topological polar surface area (TPSA) is 78.5 Å². The van der Waals surface area contributed by atoms with Crippen LogP contribution in [0.5, 0.6) is 0 Å². The van der Waals surface area contributed by atoms with Crippen LogP contribution in [0.2, 0.25) is 0 Å². The van der Waals surface area contributed by atoms with Crippen molar-refractivity contribution in [2.24, 2.45) is 5.92 Å². The Morgan fingerprint density at radius 1 is 0.906 bits per heavy atom. The molecule has 0 saturated carbocycles. The average Bonchev–Trinajstić information content (AvgIpc) is 2.82. The van der Waals surface area contributed by atoms with Gasteiger partial charge in [0.1, 0.15) is 11.4 Å². The van der Waals surface area contributed by atoms with E-state index in [0.29, 0.717) is 35.9 Å². The lowest BCUT2D eigenvalue weighted by atomic mass is 9.98. The highest BCUT2D eigenvalue weighted by atomic mass is 16.2. The number of hydrogen-bond acceptors (Lipinski definition) is 5. The lowest BCUT2D eigenvalue weighted by Crippen LogP contribution is -2.45. The Balaban J connectivity index is 1.33. The summed E-state index contributed by atoms with van der Waals surface area (Å²) in [7, 11) is 0. The zero-order valence-electron chi connectivity index (χ0n) is 18.6. The van der Waals surface area contributed by atoms with Gasteiger partial charge in [0.05, 0.1) is 0 Å². The molecule has 0 spiro atoms. The van der Waals surface area contributed by atoms with E-state index in [-0.39, 0.29) is 11.3 Å². The summed E-state index contributed by atoms with van der Waals surface area (Å²) in [5, 5.41) is 6.07. The van der Waals surface area contributed by atoms with Gasteiger partial charge in [0.25, 0.3) is 16.8 Å². The maximum absolute atomic E-state index is 12.4. The number of piperidine rings is 1. The molecule has 3 aromatic rings. The molecule has 4 rings (SSSR count). The van der Waals surface area contributed by atoms with Crippen molar-refractivity contribution in [3.8, 4) is 0 Å². The van der Waals surface area contributed by atoms with Gasteiger partial charge in [-0.25, -0.2) is 0 Å². The van der Waals surface area contributed by atoms with Crippen molar-refractivity contribution in [3.63, 3.8) is 0 Å². The van der Waals surface area contributed by atoms with Gasteiger partial charge in [-0.05, 0) is 48.9 Å². The Bertz CT molecular complexity index is 1150. The second kappa shape index (κ2) is 9.39. The number of rotatable bonds is 7. The van der Waals surface area contributed by atoms with E-state index in [9.17, 15) is 14.4 Å². The SMILES string of the molecule is Cc1ccc(CNC(=O)c2ccc(CNc3c(N4CCC(C)CC4)c(=O)c3=O)cc2)cc1. The average molecular weight is 432 g/mol. The minimum atomic E-state index is -0.439. The molecule has 0 atom stereocenters. The van der Waals surface area contributed by atoms with E-state index in [0.717, 1.165) is 37.1 Å². The molecule has 0 radical (unpaired) electrons. The number of anilines is 2. The number of carbonyl (C=O) groups is 1. The molecule has 1 saturated heterocycles. The van der Waals surface area contributed by atoms with Crippen molar-refractivity contribution in [2.75, 3.05) is 23.3 Å². The van der Waals surface area contributed by atoms with Gasteiger partial charge in [0.2, 0.25) is 0 Å². The lowest BCUT2D eigenvalue weighted by molar-refractivity contribution is 0.0951. The third-order valence-corrected chi connectivity index (χ3v) is 6.24. The summed E-state index contributed by atoms with van der Waals surface area (Å²) >= 11 is 0. The van der Waals surface area contributed by atoms with E-state index in [4.69, 9.17) is 0 Å². The van der Waals surface area contributed by atoms with Crippen molar-refractivity contribution in [1.29, 1.82) is 0 Å². The molecule has 0 aromatic heterocycles. The smallest absolute Gasteiger partial charge is 0.253 e. The first-order chi connectivity index (χ1) is 15.4. The Morgan fingerprint density at radius 3 is 2.16 bits per heavy atom. The third kappa shape index (κ3) is 4.74. The standard InChI is InChI=1S/C26H29N3O3/c1-17-3-5-19(6-4-17)16-28-26(32)21-9-7-20(8-10-21)15-27-22-23(25(31)24(22)30)29-13-11-18(2)12-14-29/h3-10,18,27H,11-16H2,1-2H3,(H,28,32). The summed E-state index contributed by atoms with van der Waals surface area (Å²) < 4.78 is 0. The number of carbonyl (C=O) groups excluding carboxylic acids is 1. The Hall–Kier alpha value is -3.41. The van der Waals surface area contributed by atoms with Crippen molar-refractivity contribution in [1.82, 2.24) is 5.32 Å². The molecule has 1 aliphatic rings. The number of aryl methyl sites for hydroxylation is 1. The Morgan fingerprint density at radius 2 is 1.50 bits per heavy atom. The molecule has 1 aliphatic heterocycles. The van der Waals surface area contributed by atoms with Crippen LogP contribution in [0.1, 0.15) is 46.8 Å². The van der Waals surface area contributed by atoms with Crippen LogP contribution in [-0.2, 0) is 13.1 Å². The summed E-state index contributed by atoms with van der Waals surface area (Å²) in [5.74, 6) is 0.524. The Labute approximate surface area is 188 Å². The highest BCUT2D eigenvalue weighted by Crippen LogP contribution is 2.26. The number of hydrogen-bond donors (Lipinski definition) is 2. The van der Waals surface area contributed by atoms with Gasteiger partial charge < -0.3 is 15.5 Å². The van der Waals surface area contributed by atoms with E-state index in [1.54, 1.807) is 12.1 Å². The maximum atomic E-state index is 12.4. The lowest BCUT2D eigenvalue weighted by Gasteiger charge is -2.33. The summed E-state index contributed by atoms with van der Waals surface area (Å²) in [5.41, 5.74) is 3.89. The second-order valence-electron chi connectivity index (χ2n) is 8.77. The van der Waals surface area contributed by atoms with Gasteiger partial charge in [-0.1, -0.05) is 48.9 Å². The van der Waals surface area contributed by atoms with Gasteiger partial charge in [-0.2, -0.15) is 0 Å². The van der Waals surface area contributed by atoms with E-state index in [1.165, 1.54) is 5.56 Å². The van der Waals surface area contributed by atoms with Crippen molar-refractivity contribution in [2.45, 2.75) is 39.8 Å². The molecule has 3 aromatic carbocycles. The van der Waals surface area contributed by atoms with Gasteiger partial charge in [-0.3, -0.25) is 14.4 Å². The first-order valence-corrected chi connectivity index (χ1v) is 11.2. The van der Waals surface area contributed by atoms with Gasteiger partial charge in [-0.15, -0.1) is 0 Å². The predicted octanol–water partition coefficient (Wildman–Crippen LogP) is 3.37. The quantitative estimate of drug-likeness (QED) is 0.561. The van der Waals surface area contributed by atoms with Gasteiger partial charge >= 0.3 is 0 Å². The highest BCUT2D eigenvalue weighted by molar-refractivity contribution is 5.94. The first kappa shape index (κ1) is 21.8. The fourth-order valence-electron chi connectivity index (χ4n) is 4.03. The molecule has 166 valence electrons. The molecular formula is C26H29N3O3. The zero-order chi connectivity index (χ0) is 22.7.